The van der Waals surface area contributed by atoms with Crippen molar-refractivity contribution >= 4 is 17.9 Å². The maximum atomic E-state index is 13.1. The van der Waals surface area contributed by atoms with E-state index in [1.807, 2.05) is 6.07 Å². The molecule has 9 nitrogen and oxygen atoms in total. The molecule has 9 heteroatoms. The standard InChI is InChI=1S/C25H30N2O7/c1-30-19-8-6-17(14-20(19)31-2)7-9-23(28)26-10-12-27(13-11-26)25(29)18-15-21(32-3)24(34-5)22(16-18)33-4/h6-9,14-16H,10-13H2,1-5H3/b9-7+. The normalized spacial score (nSPS) is 13.6. The van der Waals surface area contributed by atoms with E-state index in [1.165, 1.54) is 27.4 Å². The number of amides is 2. The number of rotatable bonds is 8. The molecule has 0 N–H and O–H groups in total. The van der Waals surface area contributed by atoms with Gasteiger partial charge in [-0.1, -0.05) is 6.07 Å². The molecule has 0 unspecified atom stereocenters. The maximum absolute atomic E-state index is 13.1. The number of nitrogens with zero attached hydrogens (tertiary/aromatic N) is 2. The summed E-state index contributed by atoms with van der Waals surface area (Å²) >= 11 is 0. The SMILES string of the molecule is COc1ccc(/C=C/C(=O)N2CCN(C(=O)c3cc(OC)c(OC)c(OC)c3)CC2)cc1OC. The summed E-state index contributed by atoms with van der Waals surface area (Å²) in [6.45, 7) is 1.72. The molecule has 0 radical (unpaired) electrons. The zero-order chi connectivity index (χ0) is 24.7. The Morgan fingerprint density at radius 3 is 1.79 bits per heavy atom. The molecule has 1 heterocycles. The Kier molecular flexibility index (Phi) is 8.24. The summed E-state index contributed by atoms with van der Waals surface area (Å²) in [6, 6.07) is 8.70. The average molecular weight is 471 g/mol. The van der Waals surface area contributed by atoms with Crippen molar-refractivity contribution in [2.75, 3.05) is 61.7 Å². The van der Waals surface area contributed by atoms with Crippen molar-refractivity contribution in [3.8, 4) is 28.7 Å². The molecule has 2 aromatic rings. The number of carbonyl (C=O) groups excluding carboxylic acids is 2. The van der Waals surface area contributed by atoms with E-state index in [2.05, 4.69) is 0 Å². The molecular formula is C25H30N2O7. The van der Waals surface area contributed by atoms with Crippen LogP contribution in [-0.4, -0.2) is 83.3 Å². The van der Waals surface area contributed by atoms with E-state index < -0.39 is 0 Å². The molecule has 0 spiro atoms. The molecule has 2 amide bonds. The van der Waals surface area contributed by atoms with Crippen LogP contribution in [0.3, 0.4) is 0 Å². The second kappa shape index (κ2) is 11.3. The van der Waals surface area contributed by atoms with Gasteiger partial charge in [0.2, 0.25) is 11.7 Å². The van der Waals surface area contributed by atoms with Gasteiger partial charge < -0.3 is 33.5 Å². The van der Waals surface area contributed by atoms with Crippen molar-refractivity contribution in [3.05, 3.63) is 47.5 Å². The molecule has 0 aliphatic carbocycles. The molecule has 0 aromatic heterocycles. The minimum Gasteiger partial charge on any atom is -0.493 e. The van der Waals surface area contributed by atoms with Crippen molar-refractivity contribution in [3.63, 3.8) is 0 Å². The van der Waals surface area contributed by atoms with Gasteiger partial charge in [0.1, 0.15) is 0 Å². The van der Waals surface area contributed by atoms with Crippen LogP contribution in [0.1, 0.15) is 15.9 Å². The van der Waals surface area contributed by atoms with Crippen LogP contribution in [0.25, 0.3) is 6.08 Å². The minimum atomic E-state index is -0.160. The van der Waals surface area contributed by atoms with Crippen LogP contribution in [0, 0.1) is 0 Å². The molecule has 2 aromatic carbocycles. The lowest BCUT2D eigenvalue weighted by Crippen LogP contribution is -2.50. The van der Waals surface area contributed by atoms with E-state index in [0.717, 1.165) is 5.56 Å². The molecule has 34 heavy (non-hydrogen) atoms. The number of methoxy groups -OCH3 is 5. The topological polar surface area (TPSA) is 86.8 Å². The predicted octanol–water partition coefficient (Wildman–Crippen LogP) is 2.73. The van der Waals surface area contributed by atoms with Gasteiger partial charge in [-0.15, -0.1) is 0 Å². The quantitative estimate of drug-likeness (QED) is 0.549. The predicted molar refractivity (Wildman–Crippen MR) is 127 cm³/mol. The monoisotopic (exact) mass is 470 g/mol. The molecule has 1 aliphatic rings. The minimum absolute atomic E-state index is 0.116. The number of ether oxygens (including phenoxy) is 5. The van der Waals surface area contributed by atoms with Crippen molar-refractivity contribution in [2.45, 2.75) is 0 Å². The largest absolute Gasteiger partial charge is 0.493 e. The lowest BCUT2D eigenvalue weighted by Gasteiger charge is -2.34. The van der Waals surface area contributed by atoms with Crippen molar-refractivity contribution < 1.29 is 33.3 Å². The Morgan fingerprint density at radius 1 is 0.706 bits per heavy atom. The summed E-state index contributed by atoms with van der Waals surface area (Å²) in [5, 5.41) is 0. The van der Waals surface area contributed by atoms with Gasteiger partial charge in [0.05, 0.1) is 35.5 Å². The highest BCUT2D eigenvalue weighted by molar-refractivity contribution is 5.96. The first-order chi connectivity index (χ1) is 16.4. The molecule has 1 fully saturated rings. The van der Waals surface area contributed by atoms with E-state index in [9.17, 15) is 9.59 Å². The van der Waals surface area contributed by atoms with E-state index in [1.54, 1.807) is 54.4 Å². The first-order valence-electron chi connectivity index (χ1n) is 10.7. The van der Waals surface area contributed by atoms with Crippen LogP contribution in [-0.2, 0) is 4.79 Å². The average Bonchev–Trinajstić information content (AvgIpc) is 2.90. The fraction of sp³-hybridized carbons (Fsp3) is 0.360. The maximum Gasteiger partial charge on any atom is 0.254 e. The molecular weight excluding hydrogens is 440 g/mol. The third-order valence-electron chi connectivity index (χ3n) is 5.62. The Morgan fingerprint density at radius 2 is 1.26 bits per heavy atom. The number of carbonyl (C=O) groups is 2. The highest BCUT2D eigenvalue weighted by Gasteiger charge is 2.26. The second-order valence-corrected chi connectivity index (χ2v) is 7.48. The van der Waals surface area contributed by atoms with Crippen LogP contribution < -0.4 is 23.7 Å². The summed E-state index contributed by atoms with van der Waals surface area (Å²) in [6.07, 6.45) is 3.26. The fourth-order valence-corrected chi connectivity index (χ4v) is 3.75. The van der Waals surface area contributed by atoms with Crippen molar-refractivity contribution in [1.29, 1.82) is 0 Å². The van der Waals surface area contributed by atoms with Crippen LogP contribution in [0.15, 0.2) is 36.4 Å². The molecule has 1 saturated heterocycles. The second-order valence-electron chi connectivity index (χ2n) is 7.48. The third-order valence-corrected chi connectivity index (χ3v) is 5.62. The van der Waals surface area contributed by atoms with E-state index in [0.29, 0.717) is 60.5 Å². The molecule has 182 valence electrons. The Bertz CT molecular complexity index is 1030. The van der Waals surface area contributed by atoms with Gasteiger partial charge in [-0.3, -0.25) is 9.59 Å². The summed E-state index contributed by atoms with van der Waals surface area (Å²) in [5.41, 5.74) is 1.25. The first kappa shape index (κ1) is 24.8. The zero-order valence-corrected chi connectivity index (χ0v) is 20.1. The van der Waals surface area contributed by atoms with Gasteiger partial charge in [0.25, 0.3) is 5.91 Å². The smallest absolute Gasteiger partial charge is 0.254 e. The van der Waals surface area contributed by atoms with Gasteiger partial charge >= 0.3 is 0 Å². The number of hydrogen-bond acceptors (Lipinski definition) is 7. The van der Waals surface area contributed by atoms with Crippen molar-refractivity contribution in [1.82, 2.24) is 9.80 Å². The molecule has 0 atom stereocenters. The summed E-state index contributed by atoms with van der Waals surface area (Å²) in [7, 11) is 7.66. The van der Waals surface area contributed by atoms with Crippen LogP contribution in [0.5, 0.6) is 28.7 Å². The first-order valence-corrected chi connectivity index (χ1v) is 10.7. The van der Waals surface area contributed by atoms with E-state index in [-0.39, 0.29) is 11.8 Å². The number of benzene rings is 2. The molecule has 0 saturated carbocycles. The summed E-state index contributed by atoms with van der Waals surface area (Å²) in [5.74, 6) is 2.20. The molecule has 1 aliphatic heterocycles. The van der Waals surface area contributed by atoms with Gasteiger partial charge in [-0.05, 0) is 35.9 Å². The lowest BCUT2D eigenvalue weighted by molar-refractivity contribution is -0.127. The van der Waals surface area contributed by atoms with Crippen LogP contribution in [0.4, 0.5) is 0 Å². The Hall–Kier alpha value is -3.88. The van der Waals surface area contributed by atoms with E-state index >= 15 is 0 Å². The Labute approximate surface area is 199 Å². The fourth-order valence-electron chi connectivity index (χ4n) is 3.75. The lowest BCUT2D eigenvalue weighted by atomic mass is 10.1. The zero-order valence-electron chi connectivity index (χ0n) is 20.1. The highest BCUT2D eigenvalue weighted by Crippen LogP contribution is 2.38. The van der Waals surface area contributed by atoms with Crippen LogP contribution in [0.2, 0.25) is 0 Å². The van der Waals surface area contributed by atoms with Crippen molar-refractivity contribution in [2.24, 2.45) is 0 Å². The number of hydrogen-bond donors (Lipinski definition) is 0. The van der Waals surface area contributed by atoms with Gasteiger partial charge in [-0.2, -0.15) is 0 Å². The number of piperazine rings is 1. The van der Waals surface area contributed by atoms with Gasteiger partial charge in [0, 0.05) is 37.8 Å². The molecule has 0 bridgehead atoms. The Balaban J connectivity index is 1.63. The van der Waals surface area contributed by atoms with Gasteiger partial charge in [-0.25, -0.2) is 0 Å². The summed E-state index contributed by atoms with van der Waals surface area (Å²) in [4.78, 5) is 29.2. The summed E-state index contributed by atoms with van der Waals surface area (Å²) < 4.78 is 26.5. The third kappa shape index (κ3) is 5.36. The molecule has 3 rings (SSSR count). The van der Waals surface area contributed by atoms with E-state index in [4.69, 9.17) is 23.7 Å². The van der Waals surface area contributed by atoms with Crippen LogP contribution >= 0.6 is 0 Å². The van der Waals surface area contributed by atoms with Gasteiger partial charge in [0.15, 0.2) is 23.0 Å². The highest BCUT2D eigenvalue weighted by atomic mass is 16.5.